The quantitative estimate of drug-likeness (QED) is 0.574. The molecule has 0 aliphatic carbocycles. The van der Waals surface area contributed by atoms with Crippen molar-refractivity contribution in [3.8, 4) is 0 Å². The highest BCUT2D eigenvalue weighted by Crippen LogP contribution is 2.03. The van der Waals surface area contributed by atoms with Gasteiger partial charge in [-0.1, -0.05) is 0 Å². The maximum atomic E-state index is 10.5. The first-order chi connectivity index (χ1) is 6.61. The lowest BCUT2D eigenvalue weighted by molar-refractivity contribution is -0.138. The van der Waals surface area contributed by atoms with Crippen molar-refractivity contribution in [3.05, 3.63) is 0 Å². The van der Waals surface area contributed by atoms with Gasteiger partial charge in [0.05, 0.1) is 19.6 Å². The van der Waals surface area contributed by atoms with Crippen LogP contribution in [0.3, 0.4) is 0 Å². The Morgan fingerprint density at radius 2 is 2.14 bits per heavy atom. The zero-order chi connectivity index (χ0) is 11.0. The van der Waals surface area contributed by atoms with Gasteiger partial charge in [0.25, 0.3) is 0 Å². The molecule has 0 rings (SSSR count). The average molecular weight is 205 g/mol. The molecule has 0 saturated carbocycles. The predicted octanol–water partition coefficient (Wildman–Crippen LogP) is -0.210. The molecule has 5 nitrogen and oxygen atoms in total. The second-order valence-corrected chi connectivity index (χ2v) is 3.20. The van der Waals surface area contributed by atoms with Gasteiger partial charge in [0.2, 0.25) is 0 Å². The fourth-order valence-electron chi connectivity index (χ4n) is 1.27. The highest BCUT2D eigenvalue weighted by atomic mass is 16.5. The van der Waals surface area contributed by atoms with E-state index in [0.29, 0.717) is 19.7 Å². The molecule has 0 spiro atoms. The monoisotopic (exact) mass is 205 g/mol. The van der Waals surface area contributed by atoms with Gasteiger partial charge in [0, 0.05) is 26.2 Å². The van der Waals surface area contributed by atoms with Gasteiger partial charge in [0.1, 0.15) is 0 Å². The van der Waals surface area contributed by atoms with Gasteiger partial charge in [-0.15, -0.1) is 0 Å². The Morgan fingerprint density at radius 1 is 1.50 bits per heavy atom. The highest BCUT2D eigenvalue weighted by Gasteiger charge is 2.15. The molecule has 5 heteroatoms. The van der Waals surface area contributed by atoms with E-state index in [2.05, 4.69) is 0 Å². The third-order valence-electron chi connectivity index (χ3n) is 2.06. The van der Waals surface area contributed by atoms with Crippen LogP contribution in [0.2, 0.25) is 0 Å². The zero-order valence-electron chi connectivity index (χ0n) is 8.77. The molecule has 0 fully saturated rings. The van der Waals surface area contributed by atoms with Crippen molar-refractivity contribution in [1.82, 2.24) is 4.90 Å². The number of carboxylic acid groups (broad SMARTS) is 1. The third-order valence-corrected chi connectivity index (χ3v) is 2.06. The van der Waals surface area contributed by atoms with E-state index in [9.17, 15) is 4.79 Å². The summed E-state index contributed by atoms with van der Waals surface area (Å²) in [5.41, 5.74) is 0. The molecule has 0 saturated heterocycles. The first-order valence-corrected chi connectivity index (χ1v) is 4.67. The molecule has 0 aromatic carbocycles. The van der Waals surface area contributed by atoms with Gasteiger partial charge in [-0.05, 0) is 6.92 Å². The fourth-order valence-corrected chi connectivity index (χ4v) is 1.27. The molecule has 0 amide bonds. The number of carboxylic acids is 1. The Morgan fingerprint density at radius 3 is 2.57 bits per heavy atom. The second kappa shape index (κ2) is 7.73. The van der Waals surface area contributed by atoms with Crippen molar-refractivity contribution in [2.45, 2.75) is 19.4 Å². The average Bonchev–Trinajstić information content (AvgIpc) is 2.10. The highest BCUT2D eigenvalue weighted by molar-refractivity contribution is 5.67. The maximum Gasteiger partial charge on any atom is 0.304 e. The summed E-state index contributed by atoms with van der Waals surface area (Å²) in [4.78, 5) is 12.4. The second-order valence-electron chi connectivity index (χ2n) is 3.20. The molecule has 0 heterocycles. The van der Waals surface area contributed by atoms with Gasteiger partial charge in [-0.3, -0.25) is 9.69 Å². The Balaban J connectivity index is 3.96. The first-order valence-electron chi connectivity index (χ1n) is 4.67. The Labute approximate surface area is 84.3 Å². The molecule has 1 unspecified atom stereocenters. The van der Waals surface area contributed by atoms with Gasteiger partial charge >= 0.3 is 5.97 Å². The Kier molecular flexibility index (Phi) is 7.37. The normalized spacial score (nSPS) is 13.1. The molecule has 0 aromatic heterocycles. The largest absolute Gasteiger partial charge is 0.481 e. The minimum Gasteiger partial charge on any atom is -0.481 e. The molecule has 0 aromatic rings. The molecule has 84 valence electrons. The lowest BCUT2D eigenvalue weighted by atomic mass is 10.2. The fraction of sp³-hybridized carbons (Fsp3) is 0.889. The van der Waals surface area contributed by atoms with E-state index in [1.807, 2.05) is 11.8 Å². The smallest absolute Gasteiger partial charge is 0.304 e. The minimum atomic E-state index is -0.821. The van der Waals surface area contributed by atoms with E-state index < -0.39 is 5.97 Å². The molecular weight excluding hydrogens is 186 g/mol. The first kappa shape index (κ1) is 13.4. The predicted molar refractivity (Wildman–Crippen MR) is 52.2 cm³/mol. The van der Waals surface area contributed by atoms with Crippen LogP contribution in [0.1, 0.15) is 13.3 Å². The van der Waals surface area contributed by atoms with Crippen molar-refractivity contribution in [2.75, 3.05) is 33.4 Å². The van der Waals surface area contributed by atoms with Crippen LogP contribution in [0.5, 0.6) is 0 Å². The number of hydrogen-bond donors (Lipinski definition) is 2. The summed E-state index contributed by atoms with van der Waals surface area (Å²) in [6, 6.07) is -0.0743. The molecule has 0 radical (unpaired) electrons. The topological polar surface area (TPSA) is 70.0 Å². The standard InChI is InChI=1S/C9H19NO4/c1-8(7-9(12)13)10(3-5-11)4-6-14-2/h8,11H,3-7H2,1-2H3,(H,12,13). The number of hydrogen-bond acceptors (Lipinski definition) is 4. The lowest BCUT2D eigenvalue weighted by Crippen LogP contribution is -2.39. The van der Waals surface area contributed by atoms with Gasteiger partial charge in [0.15, 0.2) is 0 Å². The molecule has 0 aliphatic heterocycles. The van der Waals surface area contributed by atoms with Crippen LogP contribution < -0.4 is 0 Å². The molecule has 2 N–H and O–H groups in total. The Hall–Kier alpha value is -0.650. The number of aliphatic hydroxyl groups excluding tert-OH is 1. The van der Waals surface area contributed by atoms with Crippen LogP contribution >= 0.6 is 0 Å². The van der Waals surface area contributed by atoms with Crippen LogP contribution in [0.15, 0.2) is 0 Å². The summed E-state index contributed by atoms with van der Waals surface area (Å²) in [5, 5.41) is 17.4. The number of ether oxygens (including phenoxy) is 1. The number of nitrogens with zero attached hydrogens (tertiary/aromatic N) is 1. The van der Waals surface area contributed by atoms with Crippen LogP contribution in [-0.2, 0) is 9.53 Å². The number of aliphatic hydroxyl groups is 1. The van der Waals surface area contributed by atoms with E-state index in [0.717, 1.165) is 0 Å². The summed E-state index contributed by atoms with van der Waals surface area (Å²) in [5.74, 6) is -0.821. The zero-order valence-corrected chi connectivity index (χ0v) is 8.77. The molecular formula is C9H19NO4. The van der Waals surface area contributed by atoms with Crippen LogP contribution in [0.25, 0.3) is 0 Å². The molecule has 1 atom stereocenters. The number of rotatable bonds is 8. The van der Waals surface area contributed by atoms with Crippen molar-refractivity contribution in [1.29, 1.82) is 0 Å². The van der Waals surface area contributed by atoms with Gasteiger partial charge < -0.3 is 14.9 Å². The maximum absolute atomic E-state index is 10.5. The van der Waals surface area contributed by atoms with E-state index in [4.69, 9.17) is 14.9 Å². The van der Waals surface area contributed by atoms with Crippen molar-refractivity contribution < 1.29 is 19.7 Å². The molecule has 14 heavy (non-hydrogen) atoms. The van der Waals surface area contributed by atoms with E-state index in [1.165, 1.54) is 0 Å². The van der Waals surface area contributed by atoms with E-state index in [-0.39, 0.29) is 19.1 Å². The summed E-state index contributed by atoms with van der Waals surface area (Å²) >= 11 is 0. The van der Waals surface area contributed by atoms with E-state index >= 15 is 0 Å². The summed E-state index contributed by atoms with van der Waals surface area (Å²) < 4.78 is 4.90. The lowest BCUT2D eigenvalue weighted by Gasteiger charge is -2.26. The van der Waals surface area contributed by atoms with Crippen molar-refractivity contribution >= 4 is 5.97 Å². The SMILES string of the molecule is COCCN(CCO)C(C)CC(=O)O. The number of carbonyl (C=O) groups is 1. The van der Waals surface area contributed by atoms with Crippen LogP contribution in [0, 0.1) is 0 Å². The third kappa shape index (κ3) is 5.90. The Bertz CT molecular complexity index is 163. The number of aliphatic carboxylic acids is 1. The van der Waals surface area contributed by atoms with Crippen LogP contribution in [0.4, 0.5) is 0 Å². The minimum absolute atomic E-state index is 0.0354. The van der Waals surface area contributed by atoms with Crippen molar-refractivity contribution in [2.24, 2.45) is 0 Å². The number of methoxy groups -OCH3 is 1. The summed E-state index contributed by atoms with van der Waals surface area (Å²) in [6.45, 7) is 3.54. The van der Waals surface area contributed by atoms with Gasteiger partial charge in [-0.2, -0.15) is 0 Å². The molecule has 0 aliphatic rings. The summed E-state index contributed by atoms with van der Waals surface area (Å²) in [7, 11) is 1.60. The van der Waals surface area contributed by atoms with Crippen LogP contribution in [-0.4, -0.2) is 60.5 Å². The van der Waals surface area contributed by atoms with Crippen molar-refractivity contribution in [3.63, 3.8) is 0 Å². The molecule has 0 bridgehead atoms. The summed E-state index contributed by atoms with van der Waals surface area (Å²) in [6.07, 6.45) is 0.0870. The van der Waals surface area contributed by atoms with Gasteiger partial charge in [-0.25, -0.2) is 0 Å². The van der Waals surface area contributed by atoms with E-state index in [1.54, 1.807) is 7.11 Å².